The van der Waals surface area contributed by atoms with Crippen LogP contribution in [0.25, 0.3) is 0 Å². The highest BCUT2D eigenvalue weighted by Gasteiger charge is 2.36. The Morgan fingerprint density at radius 3 is 2.59 bits per heavy atom. The molecule has 1 aromatic rings. The number of ether oxygens (including phenoxy) is 1. The van der Waals surface area contributed by atoms with Gasteiger partial charge in [-0.25, -0.2) is 0 Å². The summed E-state index contributed by atoms with van der Waals surface area (Å²) in [6.45, 7) is -0.157. The molecule has 0 aromatic carbocycles. The highest BCUT2D eigenvalue weighted by molar-refractivity contribution is 14.1. The maximum absolute atomic E-state index is 12.0. The predicted octanol–water partition coefficient (Wildman–Crippen LogP) is 1.95. The predicted molar refractivity (Wildman–Crippen MR) is 58.2 cm³/mol. The van der Waals surface area contributed by atoms with Crippen LogP contribution >= 0.6 is 22.6 Å². The van der Waals surface area contributed by atoms with Crippen molar-refractivity contribution in [2.75, 3.05) is 0 Å². The molecule has 0 unspecified atom stereocenters. The van der Waals surface area contributed by atoms with Gasteiger partial charge < -0.3 is 20.6 Å². The van der Waals surface area contributed by atoms with Crippen molar-refractivity contribution in [2.24, 2.45) is 5.73 Å². The van der Waals surface area contributed by atoms with Gasteiger partial charge in [-0.2, -0.15) is 0 Å². The van der Waals surface area contributed by atoms with Gasteiger partial charge >= 0.3 is 18.1 Å². The van der Waals surface area contributed by atoms with Crippen LogP contribution in [0.15, 0.2) is 6.07 Å². The fourth-order valence-electron chi connectivity index (χ4n) is 0.961. The number of alkyl halides is 3. The van der Waals surface area contributed by atoms with E-state index in [0.29, 0.717) is 0 Å². The largest absolute Gasteiger partial charge is 0.575 e. The molecule has 0 saturated heterocycles. The van der Waals surface area contributed by atoms with E-state index >= 15 is 0 Å². The summed E-state index contributed by atoms with van der Waals surface area (Å²) >= 11 is 1.53. The first kappa shape index (κ1) is 13.9. The van der Waals surface area contributed by atoms with Crippen molar-refractivity contribution in [1.29, 1.82) is 0 Å². The van der Waals surface area contributed by atoms with Crippen LogP contribution in [0, 0.1) is 13.7 Å². The second-order valence-electron chi connectivity index (χ2n) is 2.77. The summed E-state index contributed by atoms with van der Waals surface area (Å²) in [4.78, 5) is 12.7. The molecule has 2 N–H and O–H groups in total. The number of pyridine rings is 1. The van der Waals surface area contributed by atoms with E-state index in [-0.39, 0.29) is 15.7 Å². The number of halogens is 4. The molecular weight excluding hydrogens is 358 g/mol. The lowest BCUT2D eigenvalue weighted by Crippen LogP contribution is -2.19. The van der Waals surface area contributed by atoms with E-state index in [2.05, 4.69) is 9.72 Å². The van der Waals surface area contributed by atoms with Crippen LogP contribution in [-0.4, -0.2) is 16.3 Å². The number of nitrogens with two attached hydrogens (primary N) is 1. The van der Waals surface area contributed by atoms with Crippen molar-refractivity contribution >= 4 is 28.4 Å². The second kappa shape index (κ2) is 5.00. The highest BCUT2D eigenvalue weighted by atomic mass is 127. The minimum absolute atomic E-state index is 0.00646. The smallest absolute Gasteiger partial charge is 0.366 e. The van der Waals surface area contributed by atoms with Gasteiger partial charge in [0.25, 0.3) is 0 Å². The lowest BCUT2D eigenvalue weighted by atomic mass is 10.2. The first-order valence-corrected chi connectivity index (χ1v) is 5.12. The standard InChI is InChI=1S/C7H5F3IN3O3/c8-7(9,10)17-6-5(11)3(2-12)1-4(13-6)14(15)16/h1H,2,12H2. The number of aromatic nitrogens is 1. The van der Waals surface area contributed by atoms with Gasteiger partial charge in [0.2, 0.25) is 0 Å². The summed E-state index contributed by atoms with van der Waals surface area (Å²) in [5.74, 6) is -1.61. The second-order valence-corrected chi connectivity index (χ2v) is 3.85. The lowest BCUT2D eigenvalue weighted by molar-refractivity contribution is -0.390. The maximum Gasteiger partial charge on any atom is 0.575 e. The third-order valence-electron chi connectivity index (χ3n) is 1.61. The zero-order chi connectivity index (χ0) is 13.2. The number of nitro groups is 1. The van der Waals surface area contributed by atoms with Crippen molar-refractivity contribution in [2.45, 2.75) is 12.9 Å². The van der Waals surface area contributed by atoms with Gasteiger partial charge in [0, 0.05) is 17.6 Å². The summed E-state index contributed by atoms with van der Waals surface area (Å²) in [5, 5.41) is 10.5. The molecule has 0 spiro atoms. The Balaban J connectivity index is 3.28. The molecule has 0 aliphatic heterocycles. The summed E-state index contributed by atoms with van der Waals surface area (Å²) in [6, 6.07) is 1.00. The molecule has 17 heavy (non-hydrogen) atoms. The Kier molecular flexibility index (Phi) is 4.08. The van der Waals surface area contributed by atoms with Crippen molar-refractivity contribution in [1.82, 2.24) is 4.98 Å². The number of rotatable bonds is 3. The maximum atomic E-state index is 12.0. The summed E-state index contributed by atoms with van der Waals surface area (Å²) in [6.07, 6.45) is -4.96. The molecule has 1 rings (SSSR count). The molecule has 0 saturated carbocycles. The Morgan fingerprint density at radius 2 is 2.18 bits per heavy atom. The molecule has 0 fully saturated rings. The average Bonchev–Trinajstić information content (AvgIpc) is 2.18. The van der Waals surface area contributed by atoms with Gasteiger partial charge in [-0.3, -0.25) is 0 Å². The third-order valence-corrected chi connectivity index (χ3v) is 2.76. The number of hydrogen-bond acceptors (Lipinski definition) is 5. The van der Waals surface area contributed by atoms with Crippen molar-refractivity contribution in [3.63, 3.8) is 0 Å². The van der Waals surface area contributed by atoms with Gasteiger partial charge in [-0.05, 0) is 33.1 Å². The molecule has 0 atom stereocenters. The van der Waals surface area contributed by atoms with Gasteiger partial charge in [0.1, 0.15) is 3.57 Å². The molecule has 94 valence electrons. The molecular formula is C7H5F3IN3O3. The Bertz CT molecular complexity index is 452. The van der Waals surface area contributed by atoms with E-state index < -0.39 is 23.0 Å². The van der Waals surface area contributed by atoms with Crippen LogP contribution < -0.4 is 10.5 Å². The van der Waals surface area contributed by atoms with Crippen LogP contribution in [0.4, 0.5) is 19.0 Å². The molecule has 10 heteroatoms. The van der Waals surface area contributed by atoms with Crippen molar-refractivity contribution < 1.29 is 22.8 Å². The van der Waals surface area contributed by atoms with Crippen LogP contribution in [0.3, 0.4) is 0 Å². The minimum atomic E-state index is -4.96. The zero-order valence-corrected chi connectivity index (χ0v) is 10.2. The van der Waals surface area contributed by atoms with Crippen LogP contribution in [0.1, 0.15) is 5.56 Å². The monoisotopic (exact) mass is 363 g/mol. The highest BCUT2D eigenvalue weighted by Crippen LogP contribution is 2.30. The molecule has 0 radical (unpaired) electrons. The van der Waals surface area contributed by atoms with Gasteiger partial charge in [0.15, 0.2) is 0 Å². The summed E-state index contributed by atoms with van der Waals surface area (Å²) in [5.41, 5.74) is 5.42. The number of hydrogen-bond donors (Lipinski definition) is 1. The minimum Gasteiger partial charge on any atom is -0.366 e. The summed E-state index contributed by atoms with van der Waals surface area (Å²) < 4.78 is 39.7. The molecule has 0 aliphatic carbocycles. The van der Waals surface area contributed by atoms with E-state index in [9.17, 15) is 23.3 Å². The number of nitrogens with zero attached hydrogens (tertiary/aromatic N) is 2. The SMILES string of the molecule is NCc1cc([N+](=O)[O-])nc(OC(F)(F)F)c1I. The lowest BCUT2D eigenvalue weighted by Gasteiger charge is -2.08. The van der Waals surface area contributed by atoms with Crippen molar-refractivity contribution in [3.8, 4) is 5.88 Å². The van der Waals surface area contributed by atoms with E-state index in [1.807, 2.05) is 0 Å². The van der Waals surface area contributed by atoms with Crippen LogP contribution in [0.5, 0.6) is 5.88 Å². The third kappa shape index (κ3) is 3.66. The molecule has 6 nitrogen and oxygen atoms in total. The topological polar surface area (TPSA) is 91.3 Å². The first-order chi connectivity index (χ1) is 7.74. The van der Waals surface area contributed by atoms with Crippen LogP contribution in [0.2, 0.25) is 0 Å². The quantitative estimate of drug-likeness (QED) is 0.504. The molecule has 0 aliphatic rings. The summed E-state index contributed by atoms with van der Waals surface area (Å²) in [7, 11) is 0. The normalized spacial score (nSPS) is 11.4. The first-order valence-electron chi connectivity index (χ1n) is 4.04. The molecule has 1 aromatic heterocycles. The average molecular weight is 363 g/mol. The van der Waals surface area contributed by atoms with E-state index in [0.717, 1.165) is 6.07 Å². The fourth-order valence-corrected chi connectivity index (χ4v) is 1.57. The Labute approximate surface area is 106 Å². The fraction of sp³-hybridized carbons (Fsp3) is 0.286. The van der Waals surface area contributed by atoms with E-state index in [1.54, 1.807) is 0 Å². The zero-order valence-electron chi connectivity index (χ0n) is 7.99. The van der Waals surface area contributed by atoms with E-state index in [4.69, 9.17) is 5.73 Å². The van der Waals surface area contributed by atoms with Gasteiger partial charge in [0.05, 0.1) is 0 Å². The Hall–Kier alpha value is -1.17. The Morgan fingerprint density at radius 1 is 1.59 bits per heavy atom. The van der Waals surface area contributed by atoms with E-state index in [1.165, 1.54) is 22.6 Å². The van der Waals surface area contributed by atoms with Gasteiger partial charge in [-0.1, -0.05) is 0 Å². The molecule has 0 amide bonds. The molecule has 1 heterocycles. The van der Waals surface area contributed by atoms with Gasteiger partial charge in [-0.15, -0.1) is 13.2 Å². The van der Waals surface area contributed by atoms with Crippen LogP contribution in [-0.2, 0) is 6.54 Å². The molecule has 0 bridgehead atoms. The van der Waals surface area contributed by atoms with Crippen molar-refractivity contribution in [3.05, 3.63) is 25.3 Å².